The number of nitrogens with one attached hydrogen (secondary N) is 2. The van der Waals surface area contributed by atoms with E-state index in [4.69, 9.17) is 11.5 Å². The summed E-state index contributed by atoms with van der Waals surface area (Å²) in [4.78, 5) is 49.2. The minimum Gasteiger partial charge on any atom is -0.478 e. The molecule has 0 aromatic heterocycles. The van der Waals surface area contributed by atoms with Crippen molar-refractivity contribution in [3.8, 4) is 11.1 Å². The molecule has 0 atom stereocenters. The van der Waals surface area contributed by atoms with Crippen LogP contribution in [0.3, 0.4) is 0 Å². The first-order chi connectivity index (χ1) is 25.3. The molecule has 2 aliphatic rings. The second-order valence-corrected chi connectivity index (χ2v) is 14.4. The van der Waals surface area contributed by atoms with Crippen molar-refractivity contribution in [2.75, 3.05) is 22.3 Å². The number of allylic oxidation sites excluding steroid dienone is 2. The number of benzene rings is 4. The molecule has 4 aromatic carbocycles. The van der Waals surface area contributed by atoms with Crippen molar-refractivity contribution < 1.29 is 55.3 Å². The Kier molecular flexibility index (Phi) is 9.21. The van der Waals surface area contributed by atoms with E-state index in [1.165, 1.54) is 60.7 Å². The lowest BCUT2D eigenvalue weighted by molar-refractivity contribution is 0.0687. The van der Waals surface area contributed by atoms with E-state index < -0.39 is 76.1 Å². The highest BCUT2D eigenvalue weighted by atomic mass is 32.2. The monoisotopic (exact) mass is 772 g/mol. The molecule has 6 rings (SSSR count). The summed E-state index contributed by atoms with van der Waals surface area (Å²) >= 11 is 0. The van der Waals surface area contributed by atoms with Gasteiger partial charge < -0.3 is 21.7 Å². The number of carboxylic acid groups (broad SMARTS) is 2. The van der Waals surface area contributed by atoms with Gasteiger partial charge in [0.25, 0.3) is 20.2 Å². The molecular formula is C34H24N6O12S2. The second-order valence-electron chi connectivity index (χ2n) is 11.6. The van der Waals surface area contributed by atoms with Crippen molar-refractivity contribution in [2.45, 2.75) is 0 Å². The van der Waals surface area contributed by atoms with Crippen LogP contribution in [0.25, 0.3) is 23.3 Å². The van der Waals surface area contributed by atoms with Gasteiger partial charge in [0.1, 0.15) is 9.81 Å². The smallest absolute Gasteiger partial charge is 0.337 e. The molecule has 0 spiro atoms. The third-order valence-electron chi connectivity index (χ3n) is 8.08. The minimum absolute atomic E-state index is 0.0149. The zero-order valence-electron chi connectivity index (χ0n) is 27.0. The molecule has 20 heteroatoms. The summed E-state index contributed by atoms with van der Waals surface area (Å²) in [6, 6.07) is 15.5. The van der Waals surface area contributed by atoms with Crippen LogP contribution in [0, 0.1) is 0 Å². The summed E-state index contributed by atoms with van der Waals surface area (Å²) in [7, 11) is -10.00. The van der Waals surface area contributed by atoms with Gasteiger partial charge in [-0.2, -0.15) is 27.0 Å². The SMILES string of the molecule is Nc1ccc2c(c1)C=C(S(=O)(=O)O)/C(=N/Nc1ccc(-c3ccc(N/N=C4\C(=O)c5ccc(N)cc5C=C4S(=O)(=O)O)c(C(=O)O)c3)cc1C(=O)O)C2=O. The van der Waals surface area contributed by atoms with Crippen LogP contribution in [0.15, 0.2) is 92.8 Å². The van der Waals surface area contributed by atoms with Crippen LogP contribution < -0.4 is 22.3 Å². The number of anilines is 4. The number of nitrogens with zero attached hydrogens (tertiary/aromatic N) is 2. The number of hydrazone groups is 2. The third kappa shape index (κ3) is 7.07. The average Bonchev–Trinajstić information content (AvgIpc) is 3.09. The van der Waals surface area contributed by atoms with Crippen molar-refractivity contribution in [2.24, 2.45) is 10.2 Å². The molecule has 0 radical (unpaired) electrons. The number of carbonyl (C=O) groups is 4. The van der Waals surface area contributed by atoms with Gasteiger partial charge >= 0.3 is 11.9 Å². The van der Waals surface area contributed by atoms with Crippen LogP contribution in [-0.4, -0.2) is 71.1 Å². The molecule has 0 amide bonds. The van der Waals surface area contributed by atoms with Crippen molar-refractivity contribution >= 4 is 90.1 Å². The van der Waals surface area contributed by atoms with Crippen LogP contribution in [0.5, 0.6) is 0 Å². The molecule has 54 heavy (non-hydrogen) atoms. The molecule has 0 bridgehead atoms. The van der Waals surface area contributed by atoms with E-state index in [1.54, 1.807) is 0 Å². The van der Waals surface area contributed by atoms with E-state index in [9.17, 15) is 55.3 Å². The van der Waals surface area contributed by atoms with Crippen LogP contribution in [-0.2, 0) is 20.2 Å². The maximum absolute atomic E-state index is 13.2. The van der Waals surface area contributed by atoms with Gasteiger partial charge in [-0.25, -0.2) is 9.59 Å². The molecule has 0 fully saturated rings. The Morgan fingerprint density at radius 2 is 0.944 bits per heavy atom. The fourth-order valence-electron chi connectivity index (χ4n) is 5.55. The molecule has 274 valence electrons. The zero-order valence-corrected chi connectivity index (χ0v) is 28.6. The number of ketones is 2. The molecule has 18 nitrogen and oxygen atoms in total. The molecule has 4 aromatic rings. The molecule has 0 aliphatic heterocycles. The predicted molar refractivity (Wildman–Crippen MR) is 197 cm³/mol. The first kappa shape index (κ1) is 36.8. The standard InChI is InChI=1S/C34H24N6O12S2/c35-19-3-5-21-17(9-19)13-27(53(47,48)49)29(31(21)41)39-37-25-7-1-15(11-23(25)33(43)44)16-2-8-26(24(12-16)34(45)46)38-40-30-28(54(50,51)52)14-18-10-20(36)4-6-22(18)32(30)42/h1-14,37-38H,35-36H2,(H,43,44)(H,45,46)(H,47,48,49)(H,50,51,52)/b39-29-,40-30-. The molecular weight excluding hydrogens is 749 g/mol. The maximum Gasteiger partial charge on any atom is 0.337 e. The molecule has 0 saturated carbocycles. The number of fused-ring (bicyclic) bond motifs is 2. The lowest BCUT2D eigenvalue weighted by Crippen LogP contribution is -2.27. The van der Waals surface area contributed by atoms with Crippen LogP contribution >= 0.6 is 0 Å². The summed E-state index contributed by atoms with van der Waals surface area (Å²) in [5, 5.41) is 27.6. The number of carbonyl (C=O) groups excluding carboxylic acids is 2. The molecule has 0 saturated heterocycles. The fourth-order valence-corrected chi connectivity index (χ4v) is 6.86. The summed E-state index contributed by atoms with van der Waals surface area (Å²) in [6.07, 6.45) is 1.98. The van der Waals surface area contributed by atoms with Gasteiger partial charge in [0.15, 0.2) is 11.4 Å². The quantitative estimate of drug-likeness (QED) is 0.0683. The minimum atomic E-state index is -5.00. The first-order valence-electron chi connectivity index (χ1n) is 15.0. The van der Waals surface area contributed by atoms with E-state index in [2.05, 4.69) is 21.1 Å². The lowest BCUT2D eigenvalue weighted by atomic mass is 9.94. The van der Waals surface area contributed by atoms with Crippen LogP contribution in [0.4, 0.5) is 22.7 Å². The van der Waals surface area contributed by atoms with E-state index >= 15 is 0 Å². The van der Waals surface area contributed by atoms with Gasteiger partial charge in [0.2, 0.25) is 11.6 Å². The molecule has 0 heterocycles. The highest BCUT2D eigenvalue weighted by Gasteiger charge is 2.34. The first-order valence-corrected chi connectivity index (χ1v) is 17.9. The Morgan fingerprint density at radius 1 is 0.574 bits per heavy atom. The van der Waals surface area contributed by atoms with Crippen molar-refractivity contribution in [1.82, 2.24) is 0 Å². The number of nitrogens with two attached hydrogens (primary N) is 2. The summed E-state index contributed by atoms with van der Waals surface area (Å²) in [5.41, 5.74) is 14.4. The Bertz CT molecular complexity index is 2550. The van der Waals surface area contributed by atoms with Gasteiger partial charge in [-0.15, -0.1) is 0 Å². The van der Waals surface area contributed by atoms with Gasteiger partial charge in [0, 0.05) is 22.5 Å². The summed E-state index contributed by atoms with van der Waals surface area (Å²) in [5.74, 6) is -4.82. The third-order valence-corrected chi connectivity index (χ3v) is 9.81. The second kappa shape index (κ2) is 13.5. The number of hydrogen-bond donors (Lipinski definition) is 8. The summed E-state index contributed by atoms with van der Waals surface area (Å²) < 4.78 is 68.3. The maximum atomic E-state index is 13.2. The van der Waals surface area contributed by atoms with Crippen LogP contribution in [0.1, 0.15) is 52.6 Å². The molecule has 0 unspecified atom stereocenters. The predicted octanol–water partition coefficient (Wildman–Crippen LogP) is 3.70. The Labute approximate surface area is 304 Å². The van der Waals surface area contributed by atoms with E-state index in [0.29, 0.717) is 0 Å². The Hall–Kier alpha value is -7.00. The van der Waals surface area contributed by atoms with Gasteiger partial charge in [-0.05, 0) is 95.1 Å². The summed E-state index contributed by atoms with van der Waals surface area (Å²) in [6.45, 7) is 0. The lowest BCUT2D eigenvalue weighted by Gasteiger charge is -2.17. The van der Waals surface area contributed by atoms with Gasteiger partial charge in [-0.1, -0.05) is 12.1 Å². The number of nitrogen functional groups attached to an aromatic ring is 2. The normalized spacial score (nSPS) is 15.6. The van der Waals surface area contributed by atoms with Gasteiger partial charge in [0.05, 0.1) is 22.5 Å². The highest BCUT2D eigenvalue weighted by molar-refractivity contribution is 7.91. The number of Topliss-reactive ketones (excluding diaryl/α,β-unsaturated/α-hetero) is 2. The van der Waals surface area contributed by atoms with Crippen molar-refractivity contribution in [1.29, 1.82) is 0 Å². The van der Waals surface area contributed by atoms with E-state index in [0.717, 1.165) is 24.3 Å². The van der Waals surface area contributed by atoms with Crippen LogP contribution in [0.2, 0.25) is 0 Å². The molecule has 10 N–H and O–H groups in total. The largest absolute Gasteiger partial charge is 0.478 e. The fraction of sp³-hybridized carbons (Fsp3) is 0. The number of aromatic carboxylic acids is 2. The molecule has 2 aliphatic carbocycles. The number of hydrogen-bond acceptors (Lipinski definition) is 14. The van der Waals surface area contributed by atoms with E-state index in [-0.39, 0.29) is 56.1 Å². The van der Waals surface area contributed by atoms with Crippen molar-refractivity contribution in [3.63, 3.8) is 0 Å². The Balaban J connectivity index is 1.33. The Morgan fingerprint density at radius 3 is 1.28 bits per heavy atom. The number of rotatable bonds is 9. The van der Waals surface area contributed by atoms with E-state index in [1.807, 2.05) is 0 Å². The highest BCUT2D eigenvalue weighted by Crippen LogP contribution is 2.32. The average molecular weight is 773 g/mol. The zero-order chi connectivity index (χ0) is 39.3. The van der Waals surface area contributed by atoms with Crippen molar-refractivity contribution in [3.05, 3.63) is 116 Å². The number of carboxylic acids is 2. The van der Waals surface area contributed by atoms with Gasteiger partial charge in [-0.3, -0.25) is 29.5 Å². The topological polar surface area (TPSA) is 318 Å².